The van der Waals surface area contributed by atoms with Gasteiger partial charge >= 0.3 is 0 Å². The number of aryl methyl sites for hydroxylation is 2. The zero-order valence-electron chi connectivity index (χ0n) is 16.7. The van der Waals surface area contributed by atoms with Crippen LogP contribution in [0.25, 0.3) is 11.0 Å². The Labute approximate surface area is 175 Å². The molecule has 1 aliphatic heterocycles. The van der Waals surface area contributed by atoms with Gasteiger partial charge in [0.1, 0.15) is 0 Å². The van der Waals surface area contributed by atoms with E-state index in [1.165, 1.54) is 16.3 Å². The van der Waals surface area contributed by atoms with Crippen LogP contribution in [0, 0.1) is 0 Å². The third-order valence-electron chi connectivity index (χ3n) is 6.15. The molecule has 0 bridgehead atoms. The van der Waals surface area contributed by atoms with Crippen molar-refractivity contribution in [2.45, 2.75) is 30.6 Å². The monoisotopic (exact) mass is 424 g/mol. The lowest BCUT2D eigenvalue weighted by atomic mass is 9.92. The second kappa shape index (κ2) is 7.52. The van der Waals surface area contributed by atoms with E-state index in [9.17, 15) is 13.2 Å². The van der Waals surface area contributed by atoms with Crippen molar-refractivity contribution in [3.05, 3.63) is 59.4 Å². The number of carbonyl (C=O) groups excluding carboxylic acids is 1. The number of aromatic amines is 1. The molecule has 2 aromatic carbocycles. The Kier molecular flexibility index (Phi) is 4.83. The summed E-state index contributed by atoms with van der Waals surface area (Å²) in [5.74, 6) is -0.0858. The summed E-state index contributed by atoms with van der Waals surface area (Å²) >= 11 is 0. The third kappa shape index (κ3) is 3.40. The molecule has 1 fully saturated rings. The van der Waals surface area contributed by atoms with Gasteiger partial charge in [-0.05, 0) is 67.1 Å². The Morgan fingerprint density at radius 1 is 0.933 bits per heavy atom. The van der Waals surface area contributed by atoms with Gasteiger partial charge in [-0.15, -0.1) is 0 Å². The molecule has 1 N–H and O–H groups in total. The van der Waals surface area contributed by atoms with E-state index in [0.29, 0.717) is 36.6 Å². The van der Waals surface area contributed by atoms with E-state index >= 15 is 0 Å². The van der Waals surface area contributed by atoms with Crippen LogP contribution in [-0.2, 0) is 22.9 Å². The van der Waals surface area contributed by atoms with Crippen molar-refractivity contribution in [3.8, 4) is 0 Å². The number of amides is 1. The number of aromatic nitrogens is 2. The van der Waals surface area contributed by atoms with Gasteiger partial charge in [0, 0.05) is 31.7 Å². The highest BCUT2D eigenvalue weighted by Gasteiger charge is 2.31. The molecule has 1 amide bonds. The Bertz CT molecular complexity index is 1210. The smallest absolute Gasteiger partial charge is 0.254 e. The minimum Gasteiger partial charge on any atom is -0.345 e. The molecule has 3 aromatic rings. The van der Waals surface area contributed by atoms with Crippen molar-refractivity contribution in [1.29, 1.82) is 0 Å². The number of imidazole rings is 1. The molecule has 2 heterocycles. The Morgan fingerprint density at radius 3 is 2.50 bits per heavy atom. The molecule has 1 saturated heterocycles. The number of benzene rings is 2. The first-order chi connectivity index (χ1) is 14.5. The fourth-order valence-corrected chi connectivity index (χ4v) is 5.88. The number of carbonyl (C=O) groups is 1. The first-order valence-corrected chi connectivity index (χ1v) is 11.8. The number of rotatable bonds is 3. The van der Waals surface area contributed by atoms with Gasteiger partial charge in [0.15, 0.2) is 0 Å². The van der Waals surface area contributed by atoms with Crippen LogP contribution >= 0.6 is 0 Å². The molecule has 30 heavy (non-hydrogen) atoms. The quantitative estimate of drug-likeness (QED) is 0.700. The molecule has 0 saturated carbocycles. The van der Waals surface area contributed by atoms with Gasteiger partial charge in [-0.2, -0.15) is 4.31 Å². The number of H-pyrrole nitrogens is 1. The van der Waals surface area contributed by atoms with Gasteiger partial charge in [-0.1, -0.05) is 6.07 Å². The summed E-state index contributed by atoms with van der Waals surface area (Å²) in [6.45, 7) is 1.36. The van der Waals surface area contributed by atoms with E-state index in [-0.39, 0.29) is 5.91 Å². The van der Waals surface area contributed by atoms with Crippen molar-refractivity contribution < 1.29 is 13.2 Å². The van der Waals surface area contributed by atoms with Gasteiger partial charge < -0.3 is 9.88 Å². The lowest BCUT2D eigenvalue weighted by Gasteiger charge is -2.34. The highest BCUT2D eigenvalue weighted by Crippen LogP contribution is 2.26. The van der Waals surface area contributed by atoms with E-state index in [0.717, 1.165) is 35.9 Å². The first-order valence-electron chi connectivity index (χ1n) is 10.4. The molecule has 1 aliphatic carbocycles. The van der Waals surface area contributed by atoms with Gasteiger partial charge in [0.05, 0.1) is 22.3 Å². The number of nitrogens with one attached hydrogen (secondary N) is 1. The molecule has 7 nitrogen and oxygen atoms in total. The Hall–Kier alpha value is -2.71. The summed E-state index contributed by atoms with van der Waals surface area (Å²) in [5.41, 5.74) is 4.63. The van der Waals surface area contributed by atoms with Gasteiger partial charge in [-0.3, -0.25) is 4.79 Å². The van der Waals surface area contributed by atoms with E-state index in [1.54, 1.807) is 29.4 Å². The van der Waals surface area contributed by atoms with Crippen LogP contribution in [0.5, 0.6) is 0 Å². The number of fused-ring (bicyclic) bond motifs is 2. The maximum Gasteiger partial charge on any atom is 0.254 e. The zero-order chi connectivity index (χ0) is 20.7. The first kappa shape index (κ1) is 19.3. The Balaban J connectivity index is 1.29. The van der Waals surface area contributed by atoms with Crippen LogP contribution in [0.3, 0.4) is 0 Å². The maximum absolute atomic E-state index is 13.1. The molecule has 8 heteroatoms. The molecule has 0 unspecified atom stereocenters. The number of piperazine rings is 1. The average Bonchev–Trinajstić information content (AvgIpc) is 3.26. The van der Waals surface area contributed by atoms with Crippen LogP contribution in [0.15, 0.2) is 47.6 Å². The Morgan fingerprint density at radius 2 is 1.70 bits per heavy atom. The van der Waals surface area contributed by atoms with Crippen LogP contribution in [-0.4, -0.2) is 59.7 Å². The summed E-state index contributed by atoms with van der Waals surface area (Å²) in [5, 5.41) is 0. The fourth-order valence-electron chi connectivity index (χ4n) is 4.40. The second-order valence-corrected chi connectivity index (χ2v) is 9.91. The lowest BCUT2D eigenvalue weighted by Crippen LogP contribution is -2.50. The summed E-state index contributed by atoms with van der Waals surface area (Å²) in [4.78, 5) is 22.1. The van der Waals surface area contributed by atoms with Crippen molar-refractivity contribution in [3.63, 3.8) is 0 Å². The van der Waals surface area contributed by atoms with Crippen LogP contribution in [0.2, 0.25) is 0 Å². The number of hydrogen-bond donors (Lipinski definition) is 1. The minimum absolute atomic E-state index is 0.0858. The standard InChI is InChI=1S/C22H24N4O3S/c27-22(18-6-8-20-21(14-18)24-15-23-20)25-9-11-26(12-10-25)30(28,29)19-7-5-16-3-1-2-4-17(16)13-19/h5-8,13-15H,1-4,9-12H2,(H,23,24). The van der Waals surface area contributed by atoms with Crippen LogP contribution < -0.4 is 0 Å². The number of sulfonamides is 1. The molecular formula is C22H24N4O3S. The zero-order valence-corrected chi connectivity index (χ0v) is 17.5. The molecule has 0 spiro atoms. The van der Waals surface area contributed by atoms with E-state index in [4.69, 9.17) is 0 Å². The maximum atomic E-state index is 13.1. The molecule has 5 rings (SSSR count). The molecule has 0 radical (unpaired) electrons. The molecule has 2 aliphatic rings. The summed E-state index contributed by atoms with van der Waals surface area (Å²) < 4.78 is 27.8. The van der Waals surface area contributed by atoms with Crippen LogP contribution in [0.4, 0.5) is 0 Å². The number of nitrogens with zero attached hydrogens (tertiary/aromatic N) is 3. The third-order valence-corrected chi connectivity index (χ3v) is 8.05. The van der Waals surface area contributed by atoms with Crippen molar-refractivity contribution in [2.24, 2.45) is 0 Å². The van der Waals surface area contributed by atoms with Gasteiger partial charge in [0.25, 0.3) is 5.91 Å². The largest absolute Gasteiger partial charge is 0.345 e. The van der Waals surface area contributed by atoms with E-state index < -0.39 is 10.0 Å². The summed E-state index contributed by atoms with van der Waals surface area (Å²) in [7, 11) is -3.55. The highest BCUT2D eigenvalue weighted by atomic mass is 32.2. The molecule has 1 aromatic heterocycles. The molecular weight excluding hydrogens is 400 g/mol. The average molecular weight is 425 g/mol. The number of hydrogen-bond acceptors (Lipinski definition) is 4. The summed E-state index contributed by atoms with van der Waals surface area (Å²) in [6.07, 6.45) is 5.86. The predicted molar refractivity (Wildman–Crippen MR) is 114 cm³/mol. The fraction of sp³-hybridized carbons (Fsp3) is 0.364. The summed E-state index contributed by atoms with van der Waals surface area (Å²) in [6, 6.07) is 10.9. The normalized spacial score (nSPS) is 17.8. The molecule has 156 valence electrons. The van der Waals surface area contributed by atoms with Crippen molar-refractivity contribution in [2.75, 3.05) is 26.2 Å². The topological polar surface area (TPSA) is 86.4 Å². The van der Waals surface area contributed by atoms with E-state index in [2.05, 4.69) is 9.97 Å². The molecule has 0 atom stereocenters. The van der Waals surface area contributed by atoms with Crippen molar-refractivity contribution >= 4 is 27.0 Å². The minimum atomic E-state index is -3.55. The van der Waals surface area contributed by atoms with Gasteiger partial charge in [-0.25, -0.2) is 13.4 Å². The lowest BCUT2D eigenvalue weighted by molar-refractivity contribution is 0.0698. The SMILES string of the molecule is O=C(c1ccc2nc[nH]c2c1)N1CCN(S(=O)(=O)c2ccc3c(c2)CCCC3)CC1. The predicted octanol–water partition coefficient (Wildman–Crippen LogP) is 2.59. The second-order valence-electron chi connectivity index (χ2n) is 7.97. The van der Waals surface area contributed by atoms with Crippen molar-refractivity contribution in [1.82, 2.24) is 19.2 Å². The van der Waals surface area contributed by atoms with Crippen LogP contribution in [0.1, 0.15) is 34.3 Å². The van der Waals surface area contributed by atoms with E-state index in [1.807, 2.05) is 18.2 Å². The van der Waals surface area contributed by atoms with Gasteiger partial charge in [0.2, 0.25) is 10.0 Å². The highest BCUT2D eigenvalue weighted by molar-refractivity contribution is 7.89.